The Morgan fingerprint density at radius 3 is 2.81 bits per heavy atom. The number of benzene rings is 1. The molecule has 0 radical (unpaired) electrons. The number of nitrogens with two attached hydrogens (primary N) is 1. The van der Waals surface area contributed by atoms with Crippen LogP contribution in [-0.4, -0.2) is 18.6 Å². The monoisotopic (exact) mass is 290 g/mol. The predicted molar refractivity (Wildman–Crippen MR) is 85.3 cm³/mol. The Balaban J connectivity index is 1.93. The maximum absolute atomic E-state index is 12.2. The van der Waals surface area contributed by atoms with Crippen LogP contribution >= 0.6 is 0 Å². The van der Waals surface area contributed by atoms with E-state index in [-0.39, 0.29) is 11.9 Å². The Kier molecular flexibility index (Phi) is 5.62. The highest BCUT2D eigenvalue weighted by molar-refractivity contribution is 5.92. The zero-order valence-corrected chi connectivity index (χ0v) is 13.0. The average Bonchev–Trinajstić information content (AvgIpc) is 2.83. The molecule has 3 N–H and O–H groups in total. The molecule has 0 spiro atoms. The van der Waals surface area contributed by atoms with Crippen LogP contribution in [0.1, 0.15) is 39.5 Å². The molecule has 0 aliphatic heterocycles. The van der Waals surface area contributed by atoms with E-state index >= 15 is 0 Å². The van der Waals surface area contributed by atoms with Crippen molar-refractivity contribution in [2.24, 2.45) is 17.6 Å². The third-order valence-corrected chi connectivity index (χ3v) is 3.90. The van der Waals surface area contributed by atoms with Gasteiger partial charge in [-0.3, -0.25) is 4.79 Å². The predicted octanol–water partition coefficient (Wildman–Crippen LogP) is 3.18. The molecule has 2 atom stereocenters. The van der Waals surface area contributed by atoms with Crippen molar-refractivity contribution in [2.75, 3.05) is 11.9 Å². The van der Waals surface area contributed by atoms with Gasteiger partial charge in [0.25, 0.3) is 0 Å². The highest BCUT2D eigenvalue weighted by Crippen LogP contribution is 2.29. The molecule has 2 rings (SSSR count). The third kappa shape index (κ3) is 4.74. The van der Waals surface area contributed by atoms with Gasteiger partial charge in [-0.2, -0.15) is 0 Å². The number of carbonyl (C=O) groups excluding carboxylic acids is 1. The lowest BCUT2D eigenvalue weighted by atomic mass is 10.00. The van der Waals surface area contributed by atoms with Crippen molar-refractivity contribution < 1.29 is 9.53 Å². The number of para-hydroxylation sites is 2. The van der Waals surface area contributed by atoms with Crippen molar-refractivity contribution in [3.8, 4) is 5.75 Å². The maximum Gasteiger partial charge on any atom is 0.224 e. The van der Waals surface area contributed by atoms with Crippen LogP contribution in [0.2, 0.25) is 0 Å². The molecule has 1 aromatic carbocycles. The number of nitrogens with one attached hydrogen (secondary N) is 1. The van der Waals surface area contributed by atoms with Gasteiger partial charge >= 0.3 is 0 Å². The molecule has 1 aliphatic rings. The Labute approximate surface area is 127 Å². The second kappa shape index (κ2) is 7.46. The molecule has 1 fully saturated rings. The normalized spacial score (nSPS) is 21.5. The number of hydrogen-bond acceptors (Lipinski definition) is 3. The van der Waals surface area contributed by atoms with Crippen molar-refractivity contribution in [3.05, 3.63) is 24.3 Å². The lowest BCUT2D eigenvalue weighted by Crippen LogP contribution is -2.28. The van der Waals surface area contributed by atoms with Crippen LogP contribution in [-0.2, 0) is 4.79 Å². The number of rotatable bonds is 6. The summed E-state index contributed by atoms with van der Waals surface area (Å²) in [5.41, 5.74) is 6.77. The van der Waals surface area contributed by atoms with E-state index in [0.717, 1.165) is 30.7 Å². The van der Waals surface area contributed by atoms with Crippen LogP contribution in [0.25, 0.3) is 0 Å². The number of carbonyl (C=O) groups is 1. The van der Waals surface area contributed by atoms with Crippen molar-refractivity contribution in [3.63, 3.8) is 0 Å². The second-order valence-electron chi connectivity index (χ2n) is 6.31. The molecule has 0 unspecified atom stereocenters. The van der Waals surface area contributed by atoms with Gasteiger partial charge in [0.1, 0.15) is 5.75 Å². The van der Waals surface area contributed by atoms with E-state index in [4.69, 9.17) is 10.5 Å². The van der Waals surface area contributed by atoms with E-state index in [1.165, 1.54) is 0 Å². The summed E-state index contributed by atoms with van der Waals surface area (Å²) in [6, 6.07) is 7.75. The first-order valence-corrected chi connectivity index (χ1v) is 7.83. The van der Waals surface area contributed by atoms with Gasteiger partial charge in [-0.15, -0.1) is 0 Å². The molecule has 4 nitrogen and oxygen atoms in total. The van der Waals surface area contributed by atoms with E-state index in [9.17, 15) is 4.79 Å². The summed E-state index contributed by atoms with van der Waals surface area (Å²) in [6.07, 6.45) is 3.72. The summed E-state index contributed by atoms with van der Waals surface area (Å²) in [5, 5.41) is 2.96. The summed E-state index contributed by atoms with van der Waals surface area (Å²) in [7, 11) is 0. The van der Waals surface area contributed by atoms with Gasteiger partial charge in [0.15, 0.2) is 0 Å². The maximum atomic E-state index is 12.2. The Morgan fingerprint density at radius 2 is 2.14 bits per heavy atom. The van der Waals surface area contributed by atoms with E-state index < -0.39 is 0 Å². The van der Waals surface area contributed by atoms with Gasteiger partial charge < -0.3 is 15.8 Å². The van der Waals surface area contributed by atoms with Crippen LogP contribution in [0.5, 0.6) is 5.75 Å². The smallest absolute Gasteiger partial charge is 0.224 e. The fourth-order valence-corrected chi connectivity index (χ4v) is 2.71. The quantitative estimate of drug-likeness (QED) is 0.845. The van der Waals surface area contributed by atoms with E-state index in [0.29, 0.717) is 24.9 Å². The highest BCUT2D eigenvalue weighted by atomic mass is 16.5. The first-order valence-electron chi connectivity index (χ1n) is 7.83. The fourth-order valence-electron chi connectivity index (χ4n) is 2.71. The number of amides is 1. The van der Waals surface area contributed by atoms with E-state index in [1.54, 1.807) is 0 Å². The molecule has 1 aliphatic carbocycles. The number of ether oxygens (including phenoxy) is 1. The molecule has 0 aromatic heterocycles. The summed E-state index contributed by atoms with van der Waals surface area (Å²) in [5.74, 6) is 1.52. The molecule has 1 aromatic rings. The molecule has 0 heterocycles. The molecular formula is C17H26N2O2. The lowest BCUT2D eigenvalue weighted by molar-refractivity contribution is -0.117. The van der Waals surface area contributed by atoms with Gasteiger partial charge in [0.05, 0.1) is 12.3 Å². The van der Waals surface area contributed by atoms with Crippen molar-refractivity contribution in [2.45, 2.75) is 45.6 Å². The molecular weight excluding hydrogens is 264 g/mol. The SMILES string of the molecule is CC(C)COc1ccccc1NC(=O)C[C@@H]1CCC[C@H]1N. The molecule has 21 heavy (non-hydrogen) atoms. The molecule has 1 saturated carbocycles. The number of hydrogen-bond donors (Lipinski definition) is 2. The van der Waals surface area contributed by atoms with Crippen LogP contribution in [0.3, 0.4) is 0 Å². The van der Waals surface area contributed by atoms with Crippen LogP contribution < -0.4 is 15.8 Å². The third-order valence-electron chi connectivity index (χ3n) is 3.90. The minimum Gasteiger partial charge on any atom is -0.491 e. The first-order chi connectivity index (χ1) is 10.1. The van der Waals surface area contributed by atoms with Gasteiger partial charge in [-0.1, -0.05) is 32.4 Å². The summed E-state index contributed by atoms with van der Waals surface area (Å²) < 4.78 is 5.75. The van der Waals surface area contributed by atoms with Gasteiger partial charge in [0.2, 0.25) is 5.91 Å². The topological polar surface area (TPSA) is 64.3 Å². The van der Waals surface area contributed by atoms with E-state index in [1.807, 2.05) is 24.3 Å². The molecule has 0 saturated heterocycles. The average molecular weight is 290 g/mol. The van der Waals surface area contributed by atoms with Gasteiger partial charge in [0, 0.05) is 12.5 Å². The van der Waals surface area contributed by atoms with E-state index in [2.05, 4.69) is 19.2 Å². The molecule has 116 valence electrons. The second-order valence-corrected chi connectivity index (χ2v) is 6.31. The standard InChI is InChI=1S/C17H26N2O2/c1-12(2)11-21-16-9-4-3-8-15(16)19-17(20)10-13-6-5-7-14(13)18/h3-4,8-9,12-14H,5-7,10-11,18H2,1-2H3,(H,19,20)/t13-,14+/m0/s1. The zero-order valence-electron chi connectivity index (χ0n) is 13.0. The first kappa shape index (κ1) is 15.8. The largest absolute Gasteiger partial charge is 0.491 e. The molecule has 0 bridgehead atoms. The van der Waals surface area contributed by atoms with Crippen molar-refractivity contribution in [1.29, 1.82) is 0 Å². The lowest BCUT2D eigenvalue weighted by Gasteiger charge is -2.17. The van der Waals surface area contributed by atoms with Crippen molar-refractivity contribution >= 4 is 11.6 Å². The Morgan fingerprint density at radius 1 is 1.38 bits per heavy atom. The number of anilines is 1. The summed E-state index contributed by atoms with van der Waals surface area (Å²) in [6.45, 7) is 4.84. The Bertz CT molecular complexity index is 474. The van der Waals surface area contributed by atoms with Gasteiger partial charge in [-0.05, 0) is 36.8 Å². The van der Waals surface area contributed by atoms with Crippen LogP contribution in [0, 0.1) is 11.8 Å². The zero-order chi connectivity index (χ0) is 15.2. The van der Waals surface area contributed by atoms with Crippen molar-refractivity contribution in [1.82, 2.24) is 0 Å². The Hall–Kier alpha value is -1.55. The summed E-state index contributed by atoms with van der Waals surface area (Å²) in [4.78, 5) is 12.2. The molecule has 1 amide bonds. The van der Waals surface area contributed by atoms with Crippen LogP contribution in [0.15, 0.2) is 24.3 Å². The fraction of sp³-hybridized carbons (Fsp3) is 0.588. The minimum atomic E-state index is 0.0259. The minimum absolute atomic E-state index is 0.0259. The summed E-state index contributed by atoms with van der Waals surface area (Å²) >= 11 is 0. The van der Waals surface area contributed by atoms with Crippen LogP contribution in [0.4, 0.5) is 5.69 Å². The van der Waals surface area contributed by atoms with Gasteiger partial charge in [-0.25, -0.2) is 0 Å². The highest BCUT2D eigenvalue weighted by Gasteiger charge is 2.26. The molecule has 4 heteroatoms.